The zero-order chi connectivity index (χ0) is 18.8. The van der Waals surface area contributed by atoms with Crippen LogP contribution in [0.1, 0.15) is 28.4 Å². The van der Waals surface area contributed by atoms with E-state index in [9.17, 15) is 9.59 Å². The number of rotatable bonds is 9. The summed E-state index contributed by atoms with van der Waals surface area (Å²) in [7, 11) is 0. The van der Waals surface area contributed by atoms with Gasteiger partial charge in [-0.2, -0.15) is 11.8 Å². The van der Waals surface area contributed by atoms with E-state index in [1.165, 1.54) is 0 Å². The quantitative estimate of drug-likeness (QED) is 0.596. The molecule has 146 valence electrons. The van der Waals surface area contributed by atoms with Crippen molar-refractivity contribution in [2.75, 3.05) is 18.6 Å². The van der Waals surface area contributed by atoms with Crippen LogP contribution in [0.4, 0.5) is 0 Å². The standard InChI is InChI=1S/C20H25N3O2S.ClH/c1-26-13-12-18(23-19(24)16-10-6-3-7-11-16)20(25)22-14-17(21)15-8-4-2-5-9-15;/h2-11,17-18H,12-14,21H2,1H3,(H,22,25)(H,23,24);1H. The third kappa shape index (κ3) is 7.62. The Morgan fingerprint density at radius 3 is 2.22 bits per heavy atom. The Morgan fingerprint density at radius 2 is 1.63 bits per heavy atom. The molecule has 2 unspecified atom stereocenters. The molecule has 2 aromatic rings. The molecule has 0 heterocycles. The fraction of sp³-hybridized carbons (Fsp3) is 0.300. The van der Waals surface area contributed by atoms with Crippen LogP contribution in [0, 0.1) is 0 Å². The second kappa shape index (κ2) is 12.4. The molecule has 0 fully saturated rings. The molecule has 0 aromatic heterocycles. The van der Waals surface area contributed by atoms with E-state index < -0.39 is 6.04 Å². The van der Waals surface area contributed by atoms with Crippen LogP contribution in [0.3, 0.4) is 0 Å². The first kappa shape index (κ1) is 23.0. The first-order valence-electron chi connectivity index (χ1n) is 8.55. The van der Waals surface area contributed by atoms with Crippen molar-refractivity contribution in [1.82, 2.24) is 10.6 Å². The van der Waals surface area contributed by atoms with Gasteiger partial charge in [-0.05, 0) is 36.1 Å². The maximum atomic E-state index is 12.6. The summed E-state index contributed by atoms with van der Waals surface area (Å²) in [6, 6.07) is 17.6. The minimum Gasteiger partial charge on any atom is -0.352 e. The van der Waals surface area contributed by atoms with Crippen molar-refractivity contribution in [3.63, 3.8) is 0 Å². The Kier molecular flexibility index (Phi) is 10.6. The van der Waals surface area contributed by atoms with Gasteiger partial charge in [0.1, 0.15) is 6.04 Å². The number of carbonyl (C=O) groups is 2. The van der Waals surface area contributed by atoms with Crippen LogP contribution in [-0.4, -0.2) is 36.4 Å². The number of nitrogens with two attached hydrogens (primary N) is 1. The molecular weight excluding hydrogens is 382 g/mol. The molecule has 0 bridgehead atoms. The molecule has 0 saturated carbocycles. The number of benzene rings is 2. The molecule has 7 heteroatoms. The molecule has 0 saturated heterocycles. The molecule has 2 atom stereocenters. The van der Waals surface area contributed by atoms with Crippen LogP contribution >= 0.6 is 24.2 Å². The van der Waals surface area contributed by atoms with Gasteiger partial charge in [-0.3, -0.25) is 9.59 Å². The van der Waals surface area contributed by atoms with Crippen LogP contribution in [0.5, 0.6) is 0 Å². The third-order valence-electron chi connectivity index (χ3n) is 3.99. The minimum absolute atomic E-state index is 0. The summed E-state index contributed by atoms with van der Waals surface area (Å²) < 4.78 is 0. The summed E-state index contributed by atoms with van der Waals surface area (Å²) in [6.07, 6.45) is 2.53. The first-order chi connectivity index (χ1) is 12.6. The van der Waals surface area contributed by atoms with Gasteiger partial charge in [0.2, 0.25) is 5.91 Å². The minimum atomic E-state index is -0.585. The van der Waals surface area contributed by atoms with Crippen molar-refractivity contribution in [2.45, 2.75) is 18.5 Å². The average Bonchev–Trinajstić information content (AvgIpc) is 2.70. The fourth-order valence-corrected chi connectivity index (χ4v) is 2.96. The Balaban J connectivity index is 0.00000364. The van der Waals surface area contributed by atoms with Gasteiger partial charge in [0.15, 0.2) is 0 Å². The number of hydrogen-bond acceptors (Lipinski definition) is 4. The molecular formula is C20H26ClN3O2S. The Hall–Kier alpha value is -2.02. The van der Waals surface area contributed by atoms with Crippen LogP contribution < -0.4 is 16.4 Å². The molecule has 5 nitrogen and oxygen atoms in total. The molecule has 0 radical (unpaired) electrons. The molecule has 0 spiro atoms. The third-order valence-corrected chi connectivity index (χ3v) is 4.64. The lowest BCUT2D eigenvalue weighted by Gasteiger charge is -2.20. The van der Waals surface area contributed by atoms with Gasteiger partial charge < -0.3 is 16.4 Å². The molecule has 4 N–H and O–H groups in total. The average molecular weight is 408 g/mol. The van der Waals surface area contributed by atoms with E-state index in [-0.39, 0.29) is 30.3 Å². The van der Waals surface area contributed by atoms with Crippen LogP contribution in [-0.2, 0) is 4.79 Å². The lowest BCUT2D eigenvalue weighted by atomic mass is 10.1. The highest BCUT2D eigenvalue weighted by Gasteiger charge is 2.21. The molecule has 0 aliphatic rings. The topological polar surface area (TPSA) is 84.2 Å². The predicted octanol–water partition coefficient (Wildman–Crippen LogP) is 2.78. The molecule has 0 aliphatic heterocycles. The number of carbonyl (C=O) groups excluding carboxylic acids is 2. The Labute approximate surface area is 170 Å². The maximum Gasteiger partial charge on any atom is 0.251 e. The van der Waals surface area contributed by atoms with Crippen LogP contribution in [0.15, 0.2) is 60.7 Å². The lowest BCUT2D eigenvalue weighted by molar-refractivity contribution is -0.123. The van der Waals surface area contributed by atoms with E-state index in [2.05, 4.69) is 10.6 Å². The number of hydrogen-bond donors (Lipinski definition) is 3. The highest BCUT2D eigenvalue weighted by atomic mass is 35.5. The molecule has 0 aliphatic carbocycles. The normalized spacial score (nSPS) is 12.4. The zero-order valence-electron chi connectivity index (χ0n) is 15.3. The summed E-state index contributed by atoms with van der Waals surface area (Å²) in [5.41, 5.74) is 7.63. The van der Waals surface area contributed by atoms with Gasteiger partial charge in [-0.1, -0.05) is 48.5 Å². The number of halogens is 1. The Bertz CT molecular complexity index is 701. The second-order valence-corrected chi connectivity index (χ2v) is 6.92. The van der Waals surface area contributed by atoms with Crippen molar-refractivity contribution >= 4 is 36.0 Å². The van der Waals surface area contributed by atoms with Crippen molar-refractivity contribution < 1.29 is 9.59 Å². The largest absolute Gasteiger partial charge is 0.352 e. The summed E-state index contributed by atoms with van der Waals surface area (Å²) in [5, 5.41) is 5.69. The van der Waals surface area contributed by atoms with Gasteiger partial charge in [-0.15, -0.1) is 12.4 Å². The van der Waals surface area contributed by atoms with E-state index >= 15 is 0 Å². The van der Waals surface area contributed by atoms with Gasteiger partial charge >= 0.3 is 0 Å². The zero-order valence-corrected chi connectivity index (χ0v) is 16.9. The number of nitrogens with one attached hydrogen (secondary N) is 2. The summed E-state index contributed by atoms with van der Waals surface area (Å²) in [5.74, 6) is 0.312. The molecule has 2 rings (SSSR count). The summed E-state index contributed by atoms with van der Waals surface area (Å²) in [6.45, 7) is 0.319. The van der Waals surface area contributed by atoms with E-state index in [0.717, 1.165) is 11.3 Å². The van der Waals surface area contributed by atoms with E-state index in [0.29, 0.717) is 18.5 Å². The smallest absolute Gasteiger partial charge is 0.251 e. The Morgan fingerprint density at radius 1 is 1.04 bits per heavy atom. The first-order valence-corrected chi connectivity index (χ1v) is 9.94. The molecule has 27 heavy (non-hydrogen) atoms. The summed E-state index contributed by atoms with van der Waals surface area (Å²) >= 11 is 1.64. The van der Waals surface area contributed by atoms with E-state index in [4.69, 9.17) is 5.73 Å². The monoisotopic (exact) mass is 407 g/mol. The molecule has 2 amide bonds. The van der Waals surface area contributed by atoms with Crippen molar-refractivity contribution in [3.05, 3.63) is 71.8 Å². The fourth-order valence-electron chi connectivity index (χ4n) is 2.49. The van der Waals surface area contributed by atoms with Gasteiger partial charge in [-0.25, -0.2) is 0 Å². The predicted molar refractivity (Wildman–Crippen MR) is 114 cm³/mol. The highest BCUT2D eigenvalue weighted by molar-refractivity contribution is 7.98. The number of amides is 2. The van der Waals surface area contributed by atoms with Crippen molar-refractivity contribution in [3.8, 4) is 0 Å². The van der Waals surface area contributed by atoms with Gasteiger partial charge in [0, 0.05) is 18.2 Å². The van der Waals surface area contributed by atoms with Crippen molar-refractivity contribution in [2.24, 2.45) is 5.73 Å². The maximum absolute atomic E-state index is 12.6. The molecule has 2 aromatic carbocycles. The SMILES string of the molecule is CSCCC(NC(=O)c1ccccc1)C(=O)NCC(N)c1ccccc1.Cl. The van der Waals surface area contributed by atoms with Crippen LogP contribution in [0.2, 0.25) is 0 Å². The second-order valence-electron chi connectivity index (χ2n) is 5.94. The van der Waals surface area contributed by atoms with E-state index in [1.54, 1.807) is 36.0 Å². The summed E-state index contributed by atoms with van der Waals surface area (Å²) in [4.78, 5) is 24.9. The van der Waals surface area contributed by atoms with Gasteiger partial charge in [0.05, 0.1) is 0 Å². The van der Waals surface area contributed by atoms with Crippen molar-refractivity contribution in [1.29, 1.82) is 0 Å². The van der Waals surface area contributed by atoms with Gasteiger partial charge in [0.25, 0.3) is 5.91 Å². The highest BCUT2D eigenvalue weighted by Crippen LogP contribution is 2.09. The van der Waals surface area contributed by atoms with Crippen LogP contribution in [0.25, 0.3) is 0 Å². The number of thioether (sulfide) groups is 1. The van der Waals surface area contributed by atoms with E-state index in [1.807, 2.05) is 42.7 Å². The lowest BCUT2D eigenvalue weighted by Crippen LogP contribution is -2.48.